The molecular formula is C17H15ClN2O4S. The number of nitrogens with one attached hydrogen (secondary N) is 1. The van der Waals surface area contributed by atoms with Crippen LogP contribution < -0.4 is 20.5 Å². The van der Waals surface area contributed by atoms with E-state index in [0.717, 1.165) is 4.90 Å². The largest absolute Gasteiger partial charge is 0.486 e. The Morgan fingerprint density at radius 3 is 2.60 bits per heavy atom. The number of rotatable bonds is 5. The van der Waals surface area contributed by atoms with Crippen molar-refractivity contribution in [3.63, 3.8) is 0 Å². The number of primary amides is 1. The van der Waals surface area contributed by atoms with Crippen molar-refractivity contribution in [2.45, 2.75) is 4.90 Å². The summed E-state index contributed by atoms with van der Waals surface area (Å²) in [6, 6.07) is 10.1. The minimum atomic E-state index is -0.614. The number of benzene rings is 2. The summed E-state index contributed by atoms with van der Waals surface area (Å²) < 4.78 is 11.0. The maximum atomic E-state index is 12.1. The number of thioether (sulfide) groups is 1. The topological polar surface area (TPSA) is 90.7 Å². The van der Waals surface area contributed by atoms with Crippen LogP contribution >= 0.6 is 23.4 Å². The molecule has 0 saturated carbocycles. The lowest BCUT2D eigenvalue weighted by molar-refractivity contribution is -0.113. The molecule has 0 fully saturated rings. The van der Waals surface area contributed by atoms with Gasteiger partial charge in [0.05, 0.1) is 16.3 Å². The molecule has 1 heterocycles. The highest BCUT2D eigenvalue weighted by atomic mass is 35.5. The monoisotopic (exact) mass is 378 g/mol. The molecule has 2 aromatic rings. The van der Waals surface area contributed by atoms with Gasteiger partial charge in [-0.05, 0) is 36.4 Å². The van der Waals surface area contributed by atoms with E-state index < -0.39 is 5.91 Å². The molecule has 0 spiro atoms. The molecule has 3 N–H and O–H groups in total. The average Bonchev–Trinajstić information content (AvgIpc) is 2.59. The van der Waals surface area contributed by atoms with Gasteiger partial charge in [0.15, 0.2) is 11.5 Å². The highest BCUT2D eigenvalue weighted by Gasteiger charge is 2.13. The molecule has 0 aliphatic carbocycles. The van der Waals surface area contributed by atoms with Gasteiger partial charge in [0.1, 0.15) is 13.2 Å². The van der Waals surface area contributed by atoms with Gasteiger partial charge in [0, 0.05) is 10.6 Å². The zero-order valence-electron chi connectivity index (χ0n) is 13.1. The molecule has 6 nitrogen and oxygen atoms in total. The summed E-state index contributed by atoms with van der Waals surface area (Å²) in [7, 11) is 0. The molecular weight excluding hydrogens is 364 g/mol. The quantitative estimate of drug-likeness (QED) is 0.780. The molecule has 0 atom stereocenters. The van der Waals surface area contributed by atoms with Crippen LogP contribution in [-0.2, 0) is 4.79 Å². The van der Waals surface area contributed by atoms with Crippen molar-refractivity contribution < 1.29 is 19.1 Å². The van der Waals surface area contributed by atoms with E-state index in [0.29, 0.717) is 30.4 Å². The summed E-state index contributed by atoms with van der Waals surface area (Å²) in [5, 5.41) is 2.93. The molecule has 0 saturated heterocycles. The average molecular weight is 379 g/mol. The fourth-order valence-corrected chi connectivity index (χ4v) is 3.25. The Morgan fingerprint density at radius 2 is 1.88 bits per heavy atom. The van der Waals surface area contributed by atoms with E-state index in [9.17, 15) is 9.59 Å². The molecule has 1 aliphatic heterocycles. The first-order chi connectivity index (χ1) is 12.0. The fourth-order valence-electron chi connectivity index (χ4n) is 2.25. The molecule has 2 aromatic carbocycles. The van der Waals surface area contributed by atoms with Gasteiger partial charge in [-0.15, -0.1) is 11.8 Å². The second-order valence-electron chi connectivity index (χ2n) is 5.20. The van der Waals surface area contributed by atoms with Crippen molar-refractivity contribution in [3.05, 3.63) is 47.0 Å². The van der Waals surface area contributed by atoms with Crippen molar-refractivity contribution in [1.82, 2.24) is 0 Å². The van der Waals surface area contributed by atoms with Crippen molar-refractivity contribution in [2.24, 2.45) is 5.73 Å². The van der Waals surface area contributed by atoms with Gasteiger partial charge in [-0.25, -0.2) is 0 Å². The third-order valence-electron chi connectivity index (χ3n) is 3.40. The molecule has 8 heteroatoms. The Labute approximate surface area is 153 Å². The van der Waals surface area contributed by atoms with Crippen LogP contribution in [0.1, 0.15) is 10.4 Å². The maximum Gasteiger partial charge on any atom is 0.250 e. The first-order valence-electron chi connectivity index (χ1n) is 7.44. The van der Waals surface area contributed by atoms with Crippen LogP contribution in [0.4, 0.5) is 5.69 Å². The van der Waals surface area contributed by atoms with E-state index >= 15 is 0 Å². The highest BCUT2D eigenvalue weighted by molar-refractivity contribution is 8.00. The SMILES string of the molecule is NC(=O)c1ccc(NC(=O)CSc2ccc3c(c2)OCCO3)cc1Cl. The number of amides is 2. The van der Waals surface area contributed by atoms with Crippen LogP contribution in [0.15, 0.2) is 41.3 Å². The number of halogens is 1. The second-order valence-corrected chi connectivity index (χ2v) is 6.66. The predicted molar refractivity (Wildman–Crippen MR) is 96.8 cm³/mol. The minimum Gasteiger partial charge on any atom is -0.486 e. The first-order valence-corrected chi connectivity index (χ1v) is 8.81. The minimum absolute atomic E-state index is 0.192. The van der Waals surface area contributed by atoms with Crippen LogP contribution in [0.5, 0.6) is 11.5 Å². The number of carbonyl (C=O) groups excluding carboxylic acids is 2. The zero-order chi connectivity index (χ0) is 17.8. The second kappa shape index (κ2) is 7.67. The smallest absolute Gasteiger partial charge is 0.250 e. The van der Waals surface area contributed by atoms with Crippen LogP contribution in [0.25, 0.3) is 0 Å². The third-order valence-corrected chi connectivity index (χ3v) is 4.71. The Morgan fingerprint density at radius 1 is 1.12 bits per heavy atom. The van der Waals surface area contributed by atoms with Gasteiger partial charge >= 0.3 is 0 Å². The number of anilines is 1. The summed E-state index contributed by atoms with van der Waals surface area (Å²) in [5.41, 5.74) is 5.91. The van der Waals surface area contributed by atoms with Gasteiger partial charge in [-0.3, -0.25) is 9.59 Å². The van der Waals surface area contributed by atoms with Crippen LogP contribution in [0.2, 0.25) is 5.02 Å². The Balaban J connectivity index is 1.58. The lowest BCUT2D eigenvalue weighted by atomic mass is 10.2. The number of hydrogen-bond acceptors (Lipinski definition) is 5. The van der Waals surface area contributed by atoms with Gasteiger partial charge in [-0.2, -0.15) is 0 Å². The number of fused-ring (bicyclic) bond motifs is 1. The van der Waals surface area contributed by atoms with E-state index in [2.05, 4.69) is 5.32 Å². The Hall–Kier alpha value is -2.38. The predicted octanol–water partition coefficient (Wildman–Crippen LogP) is 2.94. The van der Waals surface area contributed by atoms with E-state index in [4.69, 9.17) is 26.8 Å². The Bertz CT molecular complexity index is 828. The van der Waals surface area contributed by atoms with Gasteiger partial charge in [0.25, 0.3) is 0 Å². The first kappa shape index (κ1) is 17.4. The summed E-state index contributed by atoms with van der Waals surface area (Å²) in [5.74, 6) is 0.809. The van der Waals surface area contributed by atoms with Crippen molar-refractivity contribution in [2.75, 3.05) is 24.3 Å². The van der Waals surface area contributed by atoms with E-state index in [1.165, 1.54) is 23.9 Å². The molecule has 0 aromatic heterocycles. The number of carbonyl (C=O) groups is 2. The number of hydrogen-bond donors (Lipinski definition) is 2. The molecule has 2 amide bonds. The summed E-state index contributed by atoms with van der Waals surface area (Å²) in [6.07, 6.45) is 0. The van der Waals surface area contributed by atoms with E-state index in [1.807, 2.05) is 18.2 Å². The van der Waals surface area contributed by atoms with Gasteiger partial charge in [-0.1, -0.05) is 11.6 Å². The molecule has 3 rings (SSSR count). The Kier molecular flexibility index (Phi) is 5.35. The number of ether oxygens (including phenoxy) is 2. The summed E-state index contributed by atoms with van der Waals surface area (Å²) >= 11 is 7.34. The maximum absolute atomic E-state index is 12.1. The molecule has 1 aliphatic rings. The molecule has 0 bridgehead atoms. The molecule has 25 heavy (non-hydrogen) atoms. The standard InChI is InChI=1S/C17H15ClN2O4S/c18-13-7-10(1-3-12(13)17(19)22)20-16(21)9-25-11-2-4-14-15(8-11)24-6-5-23-14/h1-4,7-8H,5-6,9H2,(H2,19,22)(H,20,21). The molecule has 0 unspecified atom stereocenters. The molecule has 0 radical (unpaired) electrons. The van der Waals surface area contributed by atoms with Crippen molar-refractivity contribution in [3.8, 4) is 11.5 Å². The van der Waals surface area contributed by atoms with Crippen molar-refractivity contribution >= 4 is 40.9 Å². The lowest BCUT2D eigenvalue weighted by Gasteiger charge is -2.18. The lowest BCUT2D eigenvalue weighted by Crippen LogP contribution is -2.16. The van der Waals surface area contributed by atoms with Crippen molar-refractivity contribution in [1.29, 1.82) is 0 Å². The van der Waals surface area contributed by atoms with Crippen LogP contribution in [-0.4, -0.2) is 30.8 Å². The highest BCUT2D eigenvalue weighted by Crippen LogP contribution is 2.34. The third kappa shape index (κ3) is 4.37. The van der Waals surface area contributed by atoms with Gasteiger partial charge in [0.2, 0.25) is 11.8 Å². The summed E-state index contributed by atoms with van der Waals surface area (Å²) in [4.78, 5) is 24.1. The van der Waals surface area contributed by atoms with Crippen LogP contribution in [0.3, 0.4) is 0 Å². The normalized spacial score (nSPS) is 12.5. The van der Waals surface area contributed by atoms with E-state index in [1.54, 1.807) is 6.07 Å². The number of nitrogens with two attached hydrogens (primary N) is 1. The van der Waals surface area contributed by atoms with Crippen LogP contribution in [0, 0.1) is 0 Å². The molecule has 130 valence electrons. The fraction of sp³-hybridized carbons (Fsp3) is 0.176. The zero-order valence-corrected chi connectivity index (χ0v) is 14.7. The summed E-state index contributed by atoms with van der Waals surface area (Å²) in [6.45, 7) is 1.06. The van der Waals surface area contributed by atoms with E-state index in [-0.39, 0.29) is 22.2 Å². The van der Waals surface area contributed by atoms with Gasteiger partial charge < -0.3 is 20.5 Å².